The van der Waals surface area contributed by atoms with Gasteiger partial charge in [0.25, 0.3) is 0 Å². The first-order valence-electron chi connectivity index (χ1n) is 6.06. The average molecular weight is 249 g/mol. The fourth-order valence-corrected chi connectivity index (χ4v) is 2.16. The molecule has 0 atom stereocenters. The van der Waals surface area contributed by atoms with Crippen LogP contribution in [0.1, 0.15) is 0 Å². The van der Waals surface area contributed by atoms with Gasteiger partial charge in [0.05, 0.1) is 5.69 Å². The average Bonchev–Trinajstić information content (AvgIpc) is 2.47. The Morgan fingerprint density at radius 1 is 0.842 bits per heavy atom. The topological polar surface area (TPSA) is 53.4 Å². The number of nitrogens with zero attached hydrogens (tertiary/aromatic N) is 1. The number of fused-ring (bicyclic) bond motifs is 1. The Balaban J connectivity index is 2.14. The maximum Gasteiger partial charge on any atom is 0.488 e. The van der Waals surface area contributed by atoms with Crippen LogP contribution in [-0.4, -0.2) is 22.2 Å². The highest BCUT2D eigenvalue weighted by Crippen LogP contribution is 2.25. The minimum absolute atomic E-state index is 0.476. The molecule has 0 unspecified atom stereocenters. The van der Waals surface area contributed by atoms with Crippen molar-refractivity contribution in [1.29, 1.82) is 0 Å². The van der Waals surface area contributed by atoms with E-state index < -0.39 is 7.12 Å². The van der Waals surface area contributed by atoms with E-state index in [4.69, 9.17) is 10.0 Å². The number of aromatic nitrogens is 1. The Hall–Kier alpha value is -2.17. The van der Waals surface area contributed by atoms with Crippen LogP contribution >= 0.6 is 0 Å². The van der Waals surface area contributed by atoms with E-state index in [1.54, 1.807) is 18.3 Å². The van der Waals surface area contributed by atoms with Crippen LogP contribution in [0, 0.1) is 0 Å². The predicted octanol–water partition coefficient (Wildman–Crippen LogP) is 1.58. The van der Waals surface area contributed by atoms with Gasteiger partial charge in [-0.05, 0) is 16.9 Å². The summed E-state index contributed by atoms with van der Waals surface area (Å²) < 4.78 is 0. The smallest absolute Gasteiger partial charge is 0.423 e. The van der Waals surface area contributed by atoms with E-state index in [0.717, 1.165) is 22.0 Å². The first-order valence-corrected chi connectivity index (χ1v) is 6.06. The van der Waals surface area contributed by atoms with Crippen molar-refractivity contribution in [3.63, 3.8) is 0 Å². The standard InChI is InChI=1S/C15H12BNO2/c18-16(19)13-7-5-12(6-8-13)15-14-4-2-1-3-11(14)9-10-17-15/h1-10,18-19H. The van der Waals surface area contributed by atoms with Crippen molar-refractivity contribution in [3.05, 3.63) is 60.8 Å². The Morgan fingerprint density at radius 3 is 2.32 bits per heavy atom. The van der Waals surface area contributed by atoms with Gasteiger partial charge in [-0.25, -0.2) is 0 Å². The monoisotopic (exact) mass is 249 g/mol. The summed E-state index contributed by atoms with van der Waals surface area (Å²) in [5.74, 6) is 0. The van der Waals surface area contributed by atoms with Crippen LogP contribution in [0.4, 0.5) is 0 Å². The first kappa shape index (κ1) is 11.9. The first-order chi connectivity index (χ1) is 9.25. The van der Waals surface area contributed by atoms with Gasteiger partial charge >= 0.3 is 7.12 Å². The van der Waals surface area contributed by atoms with E-state index in [-0.39, 0.29) is 0 Å². The van der Waals surface area contributed by atoms with Gasteiger partial charge in [-0.3, -0.25) is 4.98 Å². The van der Waals surface area contributed by atoms with E-state index in [9.17, 15) is 0 Å². The largest absolute Gasteiger partial charge is 0.488 e. The Kier molecular flexibility index (Phi) is 3.03. The molecule has 2 aromatic carbocycles. The molecule has 3 aromatic rings. The summed E-state index contributed by atoms with van der Waals surface area (Å²) in [6.45, 7) is 0. The molecule has 0 aliphatic carbocycles. The molecule has 92 valence electrons. The Morgan fingerprint density at radius 2 is 1.58 bits per heavy atom. The summed E-state index contributed by atoms with van der Waals surface area (Å²) in [5.41, 5.74) is 2.34. The molecule has 0 saturated carbocycles. The van der Waals surface area contributed by atoms with Crippen molar-refractivity contribution >= 4 is 23.4 Å². The van der Waals surface area contributed by atoms with E-state index in [2.05, 4.69) is 4.98 Å². The molecule has 0 bridgehead atoms. The lowest BCUT2D eigenvalue weighted by Crippen LogP contribution is -2.29. The molecule has 0 aliphatic rings. The van der Waals surface area contributed by atoms with Crippen LogP contribution in [-0.2, 0) is 0 Å². The van der Waals surface area contributed by atoms with Crippen molar-refractivity contribution in [1.82, 2.24) is 4.98 Å². The normalized spacial score (nSPS) is 10.6. The molecule has 0 aliphatic heterocycles. The summed E-state index contributed by atoms with van der Waals surface area (Å²) in [6.07, 6.45) is 1.78. The number of rotatable bonds is 2. The predicted molar refractivity (Wildman–Crippen MR) is 77.0 cm³/mol. The molecular weight excluding hydrogens is 237 g/mol. The number of benzene rings is 2. The van der Waals surface area contributed by atoms with E-state index in [0.29, 0.717) is 5.46 Å². The lowest BCUT2D eigenvalue weighted by atomic mass is 9.80. The third-order valence-corrected chi connectivity index (χ3v) is 3.16. The lowest BCUT2D eigenvalue weighted by molar-refractivity contribution is 0.426. The van der Waals surface area contributed by atoms with Gasteiger partial charge in [0, 0.05) is 17.1 Å². The van der Waals surface area contributed by atoms with Crippen molar-refractivity contribution in [3.8, 4) is 11.3 Å². The third kappa shape index (κ3) is 2.23. The molecule has 0 fully saturated rings. The highest BCUT2D eigenvalue weighted by molar-refractivity contribution is 6.58. The second-order valence-electron chi connectivity index (χ2n) is 4.38. The third-order valence-electron chi connectivity index (χ3n) is 3.16. The van der Waals surface area contributed by atoms with E-state index >= 15 is 0 Å². The SMILES string of the molecule is OB(O)c1ccc(-c2nccc3ccccc23)cc1. The zero-order valence-electron chi connectivity index (χ0n) is 10.2. The van der Waals surface area contributed by atoms with Gasteiger partial charge in [0.15, 0.2) is 0 Å². The van der Waals surface area contributed by atoms with Gasteiger partial charge < -0.3 is 10.0 Å². The second-order valence-corrected chi connectivity index (χ2v) is 4.38. The quantitative estimate of drug-likeness (QED) is 0.678. The van der Waals surface area contributed by atoms with Crippen LogP contribution < -0.4 is 5.46 Å². The number of pyridine rings is 1. The molecule has 0 amide bonds. The van der Waals surface area contributed by atoms with Crippen molar-refractivity contribution < 1.29 is 10.0 Å². The summed E-state index contributed by atoms with van der Waals surface area (Å²) in [6, 6.07) is 17.1. The minimum Gasteiger partial charge on any atom is -0.423 e. The van der Waals surface area contributed by atoms with Crippen molar-refractivity contribution in [2.45, 2.75) is 0 Å². The fraction of sp³-hybridized carbons (Fsp3) is 0. The number of hydrogen-bond donors (Lipinski definition) is 2. The highest BCUT2D eigenvalue weighted by Gasteiger charge is 2.11. The molecule has 19 heavy (non-hydrogen) atoms. The van der Waals surface area contributed by atoms with Crippen LogP contribution in [0.15, 0.2) is 60.8 Å². The van der Waals surface area contributed by atoms with Gasteiger partial charge in [-0.2, -0.15) is 0 Å². The maximum absolute atomic E-state index is 9.10. The van der Waals surface area contributed by atoms with Crippen molar-refractivity contribution in [2.24, 2.45) is 0 Å². The molecule has 4 heteroatoms. The Labute approximate surface area is 111 Å². The molecular formula is C15H12BNO2. The molecule has 3 nitrogen and oxygen atoms in total. The van der Waals surface area contributed by atoms with Gasteiger partial charge in [-0.15, -0.1) is 0 Å². The molecule has 3 rings (SSSR count). The zero-order valence-corrected chi connectivity index (χ0v) is 10.2. The number of hydrogen-bond acceptors (Lipinski definition) is 3. The summed E-state index contributed by atoms with van der Waals surface area (Å²) in [7, 11) is -1.44. The molecule has 0 saturated heterocycles. The van der Waals surface area contributed by atoms with Crippen LogP contribution in [0.5, 0.6) is 0 Å². The van der Waals surface area contributed by atoms with Gasteiger partial charge in [-0.1, -0.05) is 48.5 Å². The second kappa shape index (κ2) is 4.84. The maximum atomic E-state index is 9.10. The summed E-state index contributed by atoms with van der Waals surface area (Å²) in [4.78, 5) is 4.43. The summed E-state index contributed by atoms with van der Waals surface area (Å²) in [5, 5.41) is 20.4. The zero-order chi connectivity index (χ0) is 13.2. The van der Waals surface area contributed by atoms with Crippen LogP contribution in [0.3, 0.4) is 0 Å². The molecule has 1 aromatic heterocycles. The van der Waals surface area contributed by atoms with Crippen LogP contribution in [0.25, 0.3) is 22.0 Å². The van der Waals surface area contributed by atoms with Crippen molar-refractivity contribution in [2.75, 3.05) is 0 Å². The van der Waals surface area contributed by atoms with Gasteiger partial charge in [0.2, 0.25) is 0 Å². The van der Waals surface area contributed by atoms with Gasteiger partial charge in [0.1, 0.15) is 0 Å². The molecule has 1 heterocycles. The van der Waals surface area contributed by atoms with E-state index in [1.807, 2.05) is 42.5 Å². The minimum atomic E-state index is -1.44. The molecule has 0 spiro atoms. The van der Waals surface area contributed by atoms with Crippen LogP contribution in [0.2, 0.25) is 0 Å². The molecule has 2 N–H and O–H groups in total. The lowest BCUT2D eigenvalue weighted by Gasteiger charge is -2.06. The summed E-state index contributed by atoms with van der Waals surface area (Å²) >= 11 is 0. The Bertz CT molecular complexity index is 705. The fourth-order valence-electron chi connectivity index (χ4n) is 2.16. The highest BCUT2D eigenvalue weighted by atomic mass is 16.4. The van der Waals surface area contributed by atoms with E-state index in [1.165, 1.54) is 0 Å². The molecule has 0 radical (unpaired) electrons.